The van der Waals surface area contributed by atoms with Crippen LogP contribution in [0, 0.1) is 12.7 Å². The number of aromatic nitrogens is 2. The van der Waals surface area contributed by atoms with Crippen LogP contribution in [-0.4, -0.2) is 56.8 Å². The van der Waals surface area contributed by atoms with Crippen LogP contribution >= 0.6 is 0 Å². The predicted octanol–water partition coefficient (Wildman–Crippen LogP) is 3.29. The van der Waals surface area contributed by atoms with Crippen molar-refractivity contribution < 1.29 is 14.2 Å². The first-order valence-corrected chi connectivity index (χ1v) is 14.2. The molecule has 0 spiro atoms. The molecule has 5 rings (SSSR count). The number of aliphatic hydroxyl groups excluding tert-OH is 1. The summed E-state index contributed by atoms with van der Waals surface area (Å²) in [7, 11) is 0. The topological polar surface area (TPSA) is 123 Å². The van der Waals surface area contributed by atoms with Gasteiger partial charge in [0.15, 0.2) is 17.0 Å². The van der Waals surface area contributed by atoms with Crippen LogP contribution in [0.4, 0.5) is 4.39 Å². The number of ether oxygens (including phenoxy) is 1. The standard InChI is InChI=1S/C31H39FN6O3/c1-21-14-22(8-10-35-21)17-37(25-4-3-11-36(20-25)30(34)5-2-9-33)18-23-19-38(24-6-7-24)28-16-29(41-13-12-39)27(32)15-26(28)31(23)40/h2,5,8-10,14-16,19,24-25,39H,3-4,6-7,11-13,17-18,20,33-34H2,1H3/b9-2-,30-5+. The zero-order chi connectivity index (χ0) is 28.9. The van der Waals surface area contributed by atoms with E-state index in [2.05, 4.69) is 25.4 Å². The van der Waals surface area contributed by atoms with Gasteiger partial charge >= 0.3 is 0 Å². The average molecular weight is 563 g/mol. The van der Waals surface area contributed by atoms with Crippen LogP contribution in [0.25, 0.3) is 10.9 Å². The Morgan fingerprint density at radius 1 is 1.27 bits per heavy atom. The second-order valence-electron chi connectivity index (χ2n) is 10.9. The van der Waals surface area contributed by atoms with E-state index in [0.29, 0.717) is 35.4 Å². The molecule has 1 aromatic carbocycles. The van der Waals surface area contributed by atoms with Crippen molar-refractivity contribution in [2.45, 2.75) is 57.8 Å². The van der Waals surface area contributed by atoms with E-state index >= 15 is 0 Å². The lowest BCUT2D eigenvalue weighted by atomic mass is 10.0. The number of benzene rings is 1. The van der Waals surface area contributed by atoms with Crippen molar-refractivity contribution >= 4 is 10.9 Å². The van der Waals surface area contributed by atoms with Crippen molar-refractivity contribution in [3.05, 3.63) is 93.7 Å². The molecule has 0 bridgehead atoms. The molecule has 1 unspecified atom stereocenters. The molecule has 3 heterocycles. The molecular weight excluding hydrogens is 523 g/mol. The second-order valence-corrected chi connectivity index (χ2v) is 10.9. The van der Waals surface area contributed by atoms with Crippen molar-refractivity contribution in [1.29, 1.82) is 0 Å². The van der Waals surface area contributed by atoms with Crippen LogP contribution in [0.1, 0.15) is 48.5 Å². The summed E-state index contributed by atoms with van der Waals surface area (Å²) in [6, 6.07) is 7.34. The predicted molar refractivity (Wildman–Crippen MR) is 157 cm³/mol. The molecule has 10 heteroatoms. The molecule has 1 atom stereocenters. The summed E-state index contributed by atoms with van der Waals surface area (Å²) in [6.45, 7) is 4.35. The lowest BCUT2D eigenvalue weighted by Gasteiger charge is -2.40. The third-order valence-corrected chi connectivity index (χ3v) is 7.83. The fourth-order valence-corrected chi connectivity index (χ4v) is 5.66. The van der Waals surface area contributed by atoms with Gasteiger partial charge in [0.05, 0.1) is 17.9 Å². The van der Waals surface area contributed by atoms with E-state index in [0.717, 1.165) is 50.0 Å². The van der Waals surface area contributed by atoms with Gasteiger partial charge in [-0.2, -0.15) is 0 Å². The number of likely N-dealkylation sites (tertiary alicyclic amines) is 1. The highest BCUT2D eigenvalue weighted by molar-refractivity contribution is 5.81. The number of halogens is 1. The number of fused-ring (bicyclic) bond motifs is 1. The van der Waals surface area contributed by atoms with Gasteiger partial charge in [-0.3, -0.25) is 14.7 Å². The van der Waals surface area contributed by atoms with Crippen LogP contribution in [0.2, 0.25) is 0 Å². The second kappa shape index (κ2) is 12.7. The number of pyridine rings is 2. The molecule has 2 aromatic heterocycles. The molecular formula is C31H39FN6O3. The highest BCUT2D eigenvalue weighted by atomic mass is 19.1. The van der Waals surface area contributed by atoms with Gasteiger partial charge < -0.3 is 30.8 Å². The summed E-state index contributed by atoms with van der Waals surface area (Å²) < 4.78 is 22.5. The maximum atomic E-state index is 15.0. The highest BCUT2D eigenvalue weighted by Crippen LogP contribution is 2.38. The maximum Gasteiger partial charge on any atom is 0.193 e. The minimum atomic E-state index is -0.608. The summed E-state index contributed by atoms with van der Waals surface area (Å²) in [6.07, 6.45) is 12.7. The van der Waals surface area contributed by atoms with Gasteiger partial charge in [0.2, 0.25) is 0 Å². The van der Waals surface area contributed by atoms with Crippen LogP contribution < -0.4 is 21.6 Å². The third-order valence-electron chi connectivity index (χ3n) is 7.83. The molecule has 1 saturated carbocycles. The van der Waals surface area contributed by atoms with Crippen molar-refractivity contribution in [1.82, 2.24) is 19.4 Å². The SMILES string of the molecule is Cc1cc(CN(Cc2cn(C3CC3)c3cc(OCCO)c(F)cc3c2=O)C2CCCN(/C(N)=C/C=C\N)C2)ccn1. The zero-order valence-electron chi connectivity index (χ0n) is 23.5. The van der Waals surface area contributed by atoms with Crippen LogP contribution in [-0.2, 0) is 13.1 Å². The first-order valence-electron chi connectivity index (χ1n) is 14.2. The molecule has 9 nitrogen and oxygen atoms in total. The number of allylic oxidation sites excluding steroid dienone is 2. The Balaban J connectivity index is 1.52. The van der Waals surface area contributed by atoms with Gasteiger partial charge in [-0.15, -0.1) is 0 Å². The summed E-state index contributed by atoms with van der Waals surface area (Å²) >= 11 is 0. The van der Waals surface area contributed by atoms with Gasteiger partial charge in [0.1, 0.15) is 6.61 Å². The van der Waals surface area contributed by atoms with Crippen LogP contribution in [0.3, 0.4) is 0 Å². The number of hydrogen-bond donors (Lipinski definition) is 3. The van der Waals surface area contributed by atoms with E-state index in [9.17, 15) is 9.18 Å². The lowest BCUT2D eigenvalue weighted by molar-refractivity contribution is 0.101. The Bertz CT molecular complexity index is 1500. The first-order chi connectivity index (χ1) is 19.9. The van der Waals surface area contributed by atoms with Crippen LogP contribution in [0.5, 0.6) is 5.75 Å². The molecule has 1 aliphatic heterocycles. The normalized spacial score (nSPS) is 18.1. The van der Waals surface area contributed by atoms with Gasteiger partial charge in [0, 0.05) is 73.4 Å². The molecule has 1 aliphatic carbocycles. The summed E-state index contributed by atoms with van der Waals surface area (Å²) in [5.41, 5.74) is 15.0. The molecule has 1 saturated heterocycles. The van der Waals surface area contributed by atoms with E-state index in [4.69, 9.17) is 21.3 Å². The number of aliphatic hydroxyl groups is 1. The van der Waals surface area contributed by atoms with Gasteiger partial charge in [-0.05, 0) is 74.7 Å². The number of nitrogens with zero attached hydrogens (tertiary/aromatic N) is 4. The van der Waals surface area contributed by atoms with Crippen molar-refractivity contribution in [3.63, 3.8) is 0 Å². The molecule has 3 aromatic rings. The van der Waals surface area contributed by atoms with E-state index in [1.807, 2.05) is 31.5 Å². The van der Waals surface area contributed by atoms with E-state index in [1.54, 1.807) is 12.1 Å². The number of nitrogens with two attached hydrogens (primary N) is 2. The maximum absolute atomic E-state index is 15.0. The largest absolute Gasteiger partial charge is 0.488 e. The third kappa shape index (κ3) is 6.71. The van der Waals surface area contributed by atoms with E-state index in [1.165, 1.54) is 12.3 Å². The lowest BCUT2D eigenvalue weighted by Crippen LogP contribution is -2.48. The summed E-state index contributed by atoms with van der Waals surface area (Å²) in [5.74, 6) is 0.0937. The first kappa shape index (κ1) is 28.6. The summed E-state index contributed by atoms with van der Waals surface area (Å²) in [4.78, 5) is 22.7. The summed E-state index contributed by atoms with van der Waals surface area (Å²) in [5, 5.41) is 9.47. The number of aryl methyl sites for hydroxylation is 1. The Kier molecular flexibility index (Phi) is 8.90. The Hall–Kier alpha value is -3.89. The quantitative estimate of drug-likeness (QED) is 0.304. The minimum Gasteiger partial charge on any atom is -0.488 e. The fraction of sp³-hybridized carbons (Fsp3) is 0.419. The fourth-order valence-electron chi connectivity index (χ4n) is 5.66. The Morgan fingerprint density at radius 2 is 2.10 bits per heavy atom. The van der Waals surface area contributed by atoms with Crippen molar-refractivity contribution in [3.8, 4) is 5.75 Å². The highest BCUT2D eigenvalue weighted by Gasteiger charge is 2.29. The van der Waals surface area contributed by atoms with Gasteiger partial charge in [-0.25, -0.2) is 4.39 Å². The van der Waals surface area contributed by atoms with E-state index < -0.39 is 5.82 Å². The van der Waals surface area contributed by atoms with Crippen molar-refractivity contribution in [2.75, 3.05) is 26.3 Å². The molecule has 2 fully saturated rings. The zero-order valence-corrected chi connectivity index (χ0v) is 23.5. The number of rotatable bonds is 11. The van der Waals surface area contributed by atoms with Crippen LogP contribution in [0.15, 0.2) is 65.6 Å². The minimum absolute atomic E-state index is 0.0156. The number of hydrogen-bond acceptors (Lipinski definition) is 8. The molecule has 2 aliphatic rings. The molecule has 5 N–H and O–H groups in total. The number of piperidine rings is 1. The molecule has 218 valence electrons. The van der Waals surface area contributed by atoms with Gasteiger partial charge in [-0.1, -0.05) is 0 Å². The molecule has 0 radical (unpaired) electrons. The monoisotopic (exact) mass is 562 g/mol. The van der Waals surface area contributed by atoms with Crippen molar-refractivity contribution in [2.24, 2.45) is 11.5 Å². The molecule has 41 heavy (non-hydrogen) atoms. The molecule has 0 amide bonds. The smallest absolute Gasteiger partial charge is 0.193 e. The Morgan fingerprint density at radius 3 is 2.83 bits per heavy atom. The average Bonchev–Trinajstić information content (AvgIpc) is 3.82. The van der Waals surface area contributed by atoms with Gasteiger partial charge in [0.25, 0.3) is 0 Å². The van der Waals surface area contributed by atoms with E-state index in [-0.39, 0.29) is 36.5 Å². The Labute approximate surface area is 239 Å².